The maximum absolute atomic E-state index is 13.0. The number of esters is 1. The molecule has 3 rings (SSSR count). The largest absolute Gasteiger partial charge is 0.464 e. The Labute approximate surface area is 121 Å². The SMILES string of the molecule is COC(=O)c1nn(C)c2c1CN(c1ccc(F)cc1)CC2. The molecule has 2 aromatic rings. The van der Waals surface area contributed by atoms with Gasteiger partial charge in [0.15, 0.2) is 5.69 Å². The zero-order chi connectivity index (χ0) is 15.0. The number of nitrogens with zero attached hydrogens (tertiary/aromatic N) is 3. The predicted molar refractivity (Wildman–Crippen MR) is 75.7 cm³/mol. The molecule has 0 saturated carbocycles. The summed E-state index contributed by atoms with van der Waals surface area (Å²) >= 11 is 0. The molecule has 0 spiro atoms. The van der Waals surface area contributed by atoms with Gasteiger partial charge in [-0.2, -0.15) is 5.10 Å². The van der Waals surface area contributed by atoms with E-state index in [2.05, 4.69) is 10.00 Å². The van der Waals surface area contributed by atoms with Gasteiger partial charge in [-0.05, 0) is 24.3 Å². The lowest BCUT2D eigenvalue weighted by molar-refractivity contribution is 0.0592. The van der Waals surface area contributed by atoms with Crippen molar-refractivity contribution in [3.05, 3.63) is 47.0 Å². The molecule has 0 atom stereocenters. The van der Waals surface area contributed by atoms with Crippen LogP contribution < -0.4 is 4.90 Å². The van der Waals surface area contributed by atoms with Crippen molar-refractivity contribution in [1.82, 2.24) is 9.78 Å². The normalized spacial score (nSPS) is 14.0. The summed E-state index contributed by atoms with van der Waals surface area (Å²) in [4.78, 5) is 13.9. The average molecular weight is 289 g/mol. The summed E-state index contributed by atoms with van der Waals surface area (Å²) in [6.07, 6.45) is 0.785. The second-order valence-electron chi connectivity index (χ2n) is 5.04. The quantitative estimate of drug-likeness (QED) is 0.792. The van der Waals surface area contributed by atoms with E-state index in [1.807, 2.05) is 7.05 Å². The van der Waals surface area contributed by atoms with Gasteiger partial charge in [-0.25, -0.2) is 9.18 Å². The molecule has 2 heterocycles. The number of benzene rings is 1. The maximum atomic E-state index is 13.0. The fourth-order valence-electron chi connectivity index (χ4n) is 2.73. The van der Waals surface area contributed by atoms with Crippen molar-refractivity contribution >= 4 is 11.7 Å². The first kappa shape index (κ1) is 13.6. The van der Waals surface area contributed by atoms with Crippen LogP contribution in [-0.4, -0.2) is 29.4 Å². The van der Waals surface area contributed by atoms with Gasteiger partial charge in [0.2, 0.25) is 0 Å². The van der Waals surface area contributed by atoms with Crippen molar-refractivity contribution in [2.75, 3.05) is 18.6 Å². The predicted octanol–water partition coefficient (Wildman–Crippen LogP) is 1.91. The van der Waals surface area contributed by atoms with Gasteiger partial charge in [-0.3, -0.25) is 4.68 Å². The fraction of sp³-hybridized carbons (Fsp3) is 0.333. The number of hydrogen-bond donors (Lipinski definition) is 0. The van der Waals surface area contributed by atoms with Gasteiger partial charge in [0, 0.05) is 43.5 Å². The number of ether oxygens (including phenoxy) is 1. The fourth-order valence-corrected chi connectivity index (χ4v) is 2.73. The molecule has 1 aromatic carbocycles. The first-order valence-corrected chi connectivity index (χ1v) is 6.73. The number of hydrogen-bond acceptors (Lipinski definition) is 4. The summed E-state index contributed by atoms with van der Waals surface area (Å²) in [5.74, 6) is -0.680. The van der Waals surface area contributed by atoms with Crippen LogP contribution in [0.3, 0.4) is 0 Å². The molecule has 0 saturated heterocycles. The first-order chi connectivity index (χ1) is 10.1. The molecular formula is C15H16FN3O2. The van der Waals surface area contributed by atoms with E-state index in [0.29, 0.717) is 12.2 Å². The molecule has 0 N–H and O–H groups in total. The Kier molecular flexibility index (Phi) is 3.37. The number of aryl methyl sites for hydroxylation is 1. The highest BCUT2D eigenvalue weighted by atomic mass is 19.1. The molecule has 0 aliphatic carbocycles. The van der Waals surface area contributed by atoms with Crippen LogP contribution in [0.4, 0.5) is 10.1 Å². The van der Waals surface area contributed by atoms with Gasteiger partial charge in [0.1, 0.15) is 5.82 Å². The van der Waals surface area contributed by atoms with E-state index in [1.165, 1.54) is 19.2 Å². The van der Waals surface area contributed by atoms with Gasteiger partial charge in [-0.15, -0.1) is 0 Å². The Hall–Kier alpha value is -2.37. The van der Waals surface area contributed by atoms with Crippen molar-refractivity contribution in [1.29, 1.82) is 0 Å². The zero-order valence-electron chi connectivity index (χ0n) is 12.0. The molecule has 1 aliphatic heterocycles. The number of anilines is 1. The van der Waals surface area contributed by atoms with E-state index in [9.17, 15) is 9.18 Å². The molecule has 0 radical (unpaired) electrons. The topological polar surface area (TPSA) is 47.4 Å². The van der Waals surface area contributed by atoms with Crippen LogP contribution in [0.1, 0.15) is 21.7 Å². The lowest BCUT2D eigenvalue weighted by Gasteiger charge is -2.29. The Morgan fingerprint density at radius 1 is 1.33 bits per heavy atom. The second kappa shape index (κ2) is 5.20. The Balaban J connectivity index is 1.94. The summed E-state index contributed by atoms with van der Waals surface area (Å²) < 4.78 is 19.5. The van der Waals surface area contributed by atoms with Gasteiger partial charge < -0.3 is 9.64 Å². The first-order valence-electron chi connectivity index (χ1n) is 6.73. The van der Waals surface area contributed by atoms with Crippen LogP contribution >= 0.6 is 0 Å². The van der Waals surface area contributed by atoms with Crippen LogP contribution in [0.2, 0.25) is 0 Å². The molecule has 0 bridgehead atoms. The van der Waals surface area contributed by atoms with Crippen LogP contribution in [0, 0.1) is 5.82 Å². The molecule has 110 valence electrons. The zero-order valence-corrected chi connectivity index (χ0v) is 12.0. The van der Waals surface area contributed by atoms with E-state index in [1.54, 1.807) is 16.8 Å². The van der Waals surface area contributed by atoms with Gasteiger partial charge in [0.25, 0.3) is 0 Å². The second-order valence-corrected chi connectivity index (χ2v) is 5.04. The van der Waals surface area contributed by atoms with Gasteiger partial charge in [-0.1, -0.05) is 0 Å². The van der Waals surface area contributed by atoms with E-state index in [0.717, 1.165) is 29.9 Å². The molecule has 1 aromatic heterocycles. The summed E-state index contributed by atoms with van der Waals surface area (Å²) in [5.41, 5.74) is 3.23. The maximum Gasteiger partial charge on any atom is 0.358 e. The number of carbonyl (C=O) groups is 1. The summed E-state index contributed by atoms with van der Waals surface area (Å²) in [5, 5.41) is 4.26. The number of fused-ring (bicyclic) bond motifs is 1. The average Bonchev–Trinajstić information content (AvgIpc) is 2.84. The van der Waals surface area contributed by atoms with E-state index >= 15 is 0 Å². The smallest absolute Gasteiger partial charge is 0.358 e. The lowest BCUT2D eigenvalue weighted by Crippen LogP contribution is -2.31. The molecular weight excluding hydrogens is 273 g/mol. The molecule has 0 amide bonds. The minimum atomic E-state index is -0.423. The number of carbonyl (C=O) groups excluding carboxylic acids is 1. The van der Waals surface area contributed by atoms with Crippen molar-refractivity contribution in [2.24, 2.45) is 7.05 Å². The van der Waals surface area contributed by atoms with Gasteiger partial charge >= 0.3 is 5.97 Å². The van der Waals surface area contributed by atoms with Gasteiger partial charge in [0.05, 0.1) is 7.11 Å². The number of aromatic nitrogens is 2. The lowest BCUT2D eigenvalue weighted by atomic mass is 10.0. The van der Waals surface area contributed by atoms with Crippen LogP contribution in [0.25, 0.3) is 0 Å². The molecule has 1 aliphatic rings. The van der Waals surface area contributed by atoms with Crippen LogP contribution in [-0.2, 0) is 24.8 Å². The minimum absolute atomic E-state index is 0.256. The minimum Gasteiger partial charge on any atom is -0.464 e. The van der Waals surface area contributed by atoms with Crippen molar-refractivity contribution in [3.63, 3.8) is 0 Å². The van der Waals surface area contributed by atoms with Crippen LogP contribution in [0.15, 0.2) is 24.3 Å². The highest BCUT2D eigenvalue weighted by Crippen LogP contribution is 2.27. The van der Waals surface area contributed by atoms with Crippen molar-refractivity contribution < 1.29 is 13.9 Å². The third-order valence-corrected chi connectivity index (χ3v) is 3.81. The van der Waals surface area contributed by atoms with Crippen LogP contribution in [0.5, 0.6) is 0 Å². The molecule has 6 heteroatoms. The van der Waals surface area contributed by atoms with E-state index in [4.69, 9.17) is 4.74 Å². The van der Waals surface area contributed by atoms with E-state index in [-0.39, 0.29) is 5.82 Å². The van der Waals surface area contributed by atoms with E-state index < -0.39 is 5.97 Å². The third-order valence-electron chi connectivity index (χ3n) is 3.81. The molecule has 0 unspecified atom stereocenters. The Morgan fingerprint density at radius 3 is 2.71 bits per heavy atom. The summed E-state index contributed by atoms with van der Waals surface area (Å²) in [6, 6.07) is 6.37. The number of halogens is 1. The molecule has 5 nitrogen and oxygen atoms in total. The van der Waals surface area contributed by atoms with Crippen molar-refractivity contribution in [3.8, 4) is 0 Å². The monoisotopic (exact) mass is 289 g/mol. The standard InChI is InChI=1S/C15H16FN3O2/c1-18-13-7-8-19(11-5-3-10(16)4-6-11)9-12(13)14(17-18)15(20)21-2/h3-6H,7-9H2,1-2H3. The molecule has 21 heavy (non-hydrogen) atoms. The number of methoxy groups -OCH3 is 1. The molecule has 0 fully saturated rings. The summed E-state index contributed by atoms with van der Waals surface area (Å²) in [6.45, 7) is 1.37. The highest BCUT2D eigenvalue weighted by molar-refractivity contribution is 5.89. The highest BCUT2D eigenvalue weighted by Gasteiger charge is 2.27. The third kappa shape index (κ3) is 2.37. The number of rotatable bonds is 2. The Bertz CT molecular complexity index is 679. The Morgan fingerprint density at radius 2 is 2.05 bits per heavy atom. The summed E-state index contributed by atoms with van der Waals surface area (Å²) in [7, 11) is 3.18. The van der Waals surface area contributed by atoms with Crippen molar-refractivity contribution in [2.45, 2.75) is 13.0 Å².